The third kappa shape index (κ3) is 5.66. The zero-order valence-corrected chi connectivity index (χ0v) is 23.7. The Labute approximate surface area is 224 Å². The van der Waals surface area contributed by atoms with Gasteiger partial charge in [-0.05, 0) is 77.6 Å². The van der Waals surface area contributed by atoms with Crippen molar-refractivity contribution in [3.05, 3.63) is 87.4 Å². The molecule has 0 N–H and O–H groups in total. The second-order valence-electron chi connectivity index (χ2n) is 10.7. The van der Waals surface area contributed by atoms with Crippen LogP contribution in [0.5, 0.6) is 0 Å². The molecule has 0 radical (unpaired) electrons. The summed E-state index contributed by atoms with van der Waals surface area (Å²) < 4.78 is 42.5. The Balaban J connectivity index is 1.66. The van der Waals surface area contributed by atoms with Gasteiger partial charge < -0.3 is 4.90 Å². The molecule has 37 heavy (non-hydrogen) atoms. The highest BCUT2D eigenvalue weighted by molar-refractivity contribution is 7.89. The first-order chi connectivity index (χ1) is 17.4. The van der Waals surface area contributed by atoms with Gasteiger partial charge >= 0.3 is 0 Å². The van der Waals surface area contributed by atoms with E-state index < -0.39 is 10.0 Å². The van der Waals surface area contributed by atoms with Gasteiger partial charge in [-0.2, -0.15) is 4.31 Å². The molecule has 198 valence electrons. The zero-order chi connectivity index (χ0) is 27.0. The maximum atomic E-state index is 13.8. The Hall–Kier alpha value is -2.55. The number of fused-ring (bicyclic) bond motifs is 1. The van der Waals surface area contributed by atoms with Crippen molar-refractivity contribution in [1.82, 2.24) is 9.21 Å². The molecule has 0 bridgehead atoms. The molecule has 5 nitrogen and oxygen atoms in total. The Morgan fingerprint density at radius 3 is 2.35 bits per heavy atom. The standard InChI is InChI=1S/C29H35FN2O3S2/c1-6-20(2)32(37(34,35)24-13-9-22(10-14-24)29(3,4)5)19-27(33)31-17-15-26-25(16-18-36-26)28(31)21-7-11-23(30)12-8-21/h7-14,16,18,20,28H,6,15,17,19H2,1-5H3. The van der Waals surface area contributed by atoms with Crippen LogP contribution in [-0.4, -0.2) is 42.7 Å². The minimum atomic E-state index is -3.91. The Morgan fingerprint density at radius 1 is 1.11 bits per heavy atom. The number of hydrogen-bond acceptors (Lipinski definition) is 4. The molecule has 2 aromatic carbocycles. The Morgan fingerprint density at radius 2 is 1.76 bits per heavy atom. The molecule has 0 saturated carbocycles. The minimum Gasteiger partial charge on any atom is -0.330 e. The van der Waals surface area contributed by atoms with Crippen LogP contribution >= 0.6 is 11.3 Å². The second kappa shape index (κ2) is 10.7. The first-order valence-corrected chi connectivity index (χ1v) is 15.0. The number of rotatable bonds is 7. The number of hydrogen-bond donors (Lipinski definition) is 0. The lowest BCUT2D eigenvalue weighted by molar-refractivity contribution is -0.133. The van der Waals surface area contributed by atoms with Gasteiger partial charge in [0.2, 0.25) is 15.9 Å². The quantitative estimate of drug-likeness (QED) is 0.360. The highest BCUT2D eigenvalue weighted by Crippen LogP contribution is 2.38. The maximum absolute atomic E-state index is 13.8. The largest absolute Gasteiger partial charge is 0.330 e. The molecule has 1 amide bonds. The van der Waals surface area contributed by atoms with Gasteiger partial charge in [-0.3, -0.25) is 4.79 Å². The van der Waals surface area contributed by atoms with Crippen molar-refractivity contribution in [3.8, 4) is 0 Å². The normalized spacial score (nSPS) is 17.1. The summed E-state index contributed by atoms with van der Waals surface area (Å²) >= 11 is 1.65. The molecule has 0 fully saturated rings. The summed E-state index contributed by atoms with van der Waals surface area (Å²) in [6.07, 6.45) is 1.28. The van der Waals surface area contributed by atoms with Crippen LogP contribution < -0.4 is 0 Å². The van der Waals surface area contributed by atoms with Gasteiger partial charge in [0.25, 0.3) is 0 Å². The van der Waals surface area contributed by atoms with Crippen LogP contribution in [0.4, 0.5) is 4.39 Å². The fourth-order valence-electron chi connectivity index (χ4n) is 4.76. The summed E-state index contributed by atoms with van der Waals surface area (Å²) in [5.74, 6) is -0.601. The van der Waals surface area contributed by atoms with Crippen LogP contribution in [0.2, 0.25) is 0 Å². The van der Waals surface area contributed by atoms with Crippen LogP contribution in [0.3, 0.4) is 0 Å². The van der Waals surface area contributed by atoms with E-state index in [0.717, 1.165) is 16.7 Å². The van der Waals surface area contributed by atoms with Gasteiger partial charge in [-0.1, -0.05) is 52.0 Å². The van der Waals surface area contributed by atoms with Crippen molar-refractivity contribution in [2.45, 2.75) is 69.9 Å². The van der Waals surface area contributed by atoms with E-state index in [0.29, 0.717) is 19.4 Å². The second-order valence-corrected chi connectivity index (χ2v) is 13.6. The number of benzene rings is 2. The molecule has 0 aliphatic carbocycles. The van der Waals surface area contributed by atoms with E-state index in [2.05, 4.69) is 20.8 Å². The molecular formula is C29H35FN2O3S2. The molecule has 8 heteroatoms. The fourth-order valence-corrected chi connectivity index (χ4v) is 7.32. The van der Waals surface area contributed by atoms with Gasteiger partial charge in [0.15, 0.2) is 0 Å². The molecular weight excluding hydrogens is 507 g/mol. The summed E-state index contributed by atoms with van der Waals surface area (Å²) in [6, 6.07) is 14.4. The summed E-state index contributed by atoms with van der Waals surface area (Å²) in [5.41, 5.74) is 2.77. The smallest absolute Gasteiger partial charge is 0.243 e. The first-order valence-electron chi connectivity index (χ1n) is 12.7. The monoisotopic (exact) mass is 542 g/mol. The molecule has 2 atom stereocenters. The fraction of sp³-hybridized carbons (Fsp3) is 0.414. The van der Waals surface area contributed by atoms with Crippen LogP contribution in [0, 0.1) is 5.82 Å². The number of halogens is 1. The third-order valence-corrected chi connectivity index (χ3v) is 10.1. The van der Waals surface area contributed by atoms with Crippen molar-refractivity contribution in [2.24, 2.45) is 0 Å². The molecule has 2 heterocycles. The number of carbonyl (C=O) groups excluding carboxylic acids is 1. The number of sulfonamides is 1. The van der Waals surface area contributed by atoms with Crippen molar-refractivity contribution in [3.63, 3.8) is 0 Å². The van der Waals surface area contributed by atoms with Gasteiger partial charge in [-0.25, -0.2) is 12.8 Å². The molecule has 0 saturated heterocycles. The molecule has 0 spiro atoms. The van der Waals surface area contributed by atoms with E-state index in [4.69, 9.17) is 0 Å². The first kappa shape index (κ1) is 27.5. The van der Waals surface area contributed by atoms with Gasteiger partial charge in [0, 0.05) is 17.5 Å². The van der Waals surface area contributed by atoms with E-state index in [1.807, 2.05) is 37.4 Å². The summed E-state index contributed by atoms with van der Waals surface area (Å²) in [5, 5.41) is 2.01. The summed E-state index contributed by atoms with van der Waals surface area (Å²) in [7, 11) is -3.91. The van der Waals surface area contributed by atoms with Crippen molar-refractivity contribution in [1.29, 1.82) is 0 Å². The molecule has 1 aromatic heterocycles. The molecule has 3 aromatic rings. The average Bonchev–Trinajstić information content (AvgIpc) is 3.35. The Bertz CT molecular complexity index is 1340. The lowest BCUT2D eigenvalue weighted by atomic mass is 9.87. The molecule has 4 rings (SSSR count). The Kier molecular flexibility index (Phi) is 7.93. The third-order valence-electron chi connectivity index (χ3n) is 7.17. The summed E-state index contributed by atoms with van der Waals surface area (Å²) in [4.78, 5) is 17.0. The predicted octanol–water partition coefficient (Wildman–Crippen LogP) is 6.15. The van der Waals surface area contributed by atoms with Crippen LogP contribution in [-0.2, 0) is 26.7 Å². The molecule has 1 aliphatic rings. The zero-order valence-electron chi connectivity index (χ0n) is 22.1. The topological polar surface area (TPSA) is 57.7 Å². The van der Waals surface area contributed by atoms with E-state index in [-0.39, 0.29) is 40.7 Å². The highest BCUT2D eigenvalue weighted by Gasteiger charge is 2.37. The number of carbonyl (C=O) groups is 1. The number of thiophene rings is 1. The van der Waals surface area contributed by atoms with Crippen molar-refractivity contribution >= 4 is 27.3 Å². The van der Waals surface area contributed by atoms with Crippen LogP contribution in [0.15, 0.2) is 64.9 Å². The average molecular weight is 543 g/mol. The van der Waals surface area contributed by atoms with Crippen molar-refractivity contribution < 1.29 is 17.6 Å². The van der Waals surface area contributed by atoms with Crippen molar-refractivity contribution in [2.75, 3.05) is 13.1 Å². The van der Waals surface area contributed by atoms with E-state index in [1.165, 1.54) is 21.3 Å². The van der Waals surface area contributed by atoms with E-state index in [1.54, 1.807) is 40.5 Å². The lowest BCUT2D eigenvalue weighted by Crippen LogP contribution is -2.49. The lowest BCUT2D eigenvalue weighted by Gasteiger charge is -2.38. The van der Waals surface area contributed by atoms with E-state index >= 15 is 0 Å². The maximum Gasteiger partial charge on any atom is 0.243 e. The van der Waals surface area contributed by atoms with Crippen LogP contribution in [0.1, 0.15) is 68.6 Å². The highest BCUT2D eigenvalue weighted by atomic mass is 32.2. The van der Waals surface area contributed by atoms with Gasteiger partial charge in [-0.15, -0.1) is 11.3 Å². The predicted molar refractivity (Wildman–Crippen MR) is 147 cm³/mol. The van der Waals surface area contributed by atoms with E-state index in [9.17, 15) is 17.6 Å². The summed E-state index contributed by atoms with van der Waals surface area (Å²) in [6.45, 7) is 10.2. The molecule has 2 unspecified atom stereocenters. The SMILES string of the molecule is CCC(C)N(CC(=O)N1CCc2sccc2C1c1ccc(F)cc1)S(=O)(=O)c1ccc(C(C)(C)C)cc1. The minimum absolute atomic E-state index is 0.0984. The van der Waals surface area contributed by atoms with Crippen LogP contribution in [0.25, 0.3) is 0 Å². The van der Waals surface area contributed by atoms with Gasteiger partial charge in [0.1, 0.15) is 5.82 Å². The number of nitrogens with zero attached hydrogens (tertiary/aromatic N) is 2. The number of amides is 1. The molecule has 1 aliphatic heterocycles. The van der Waals surface area contributed by atoms with Gasteiger partial charge in [0.05, 0.1) is 17.5 Å².